The highest BCUT2D eigenvalue weighted by Gasteiger charge is 2.38. The first kappa shape index (κ1) is 17.5. The molecule has 0 unspecified atom stereocenters. The van der Waals surface area contributed by atoms with E-state index in [2.05, 4.69) is 6.92 Å². The van der Waals surface area contributed by atoms with Gasteiger partial charge in [0, 0.05) is 18.2 Å². The minimum Gasteiger partial charge on any atom is -0.336 e. The Morgan fingerprint density at radius 1 is 1.00 bits per heavy atom. The fourth-order valence-corrected chi connectivity index (χ4v) is 3.97. The number of hydrogen-bond donors (Lipinski definition) is 0. The smallest absolute Gasteiger partial charge is 0.266 e. The van der Waals surface area contributed by atoms with E-state index in [1.54, 1.807) is 30.3 Å². The van der Waals surface area contributed by atoms with E-state index >= 15 is 0 Å². The molecule has 4 rings (SSSR count). The molecule has 2 aliphatic heterocycles. The maximum absolute atomic E-state index is 13.0. The Hall–Kier alpha value is -2.95. The minimum atomic E-state index is -0.370. The fourth-order valence-electron chi connectivity index (χ4n) is 3.97. The van der Waals surface area contributed by atoms with Crippen molar-refractivity contribution in [1.29, 1.82) is 0 Å². The highest BCUT2D eigenvalue weighted by molar-refractivity contribution is 6.35. The Morgan fingerprint density at radius 2 is 1.74 bits per heavy atom. The third-order valence-corrected chi connectivity index (χ3v) is 5.55. The van der Waals surface area contributed by atoms with Crippen LogP contribution in [0.1, 0.15) is 62.8 Å². The zero-order valence-electron chi connectivity index (χ0n) is 15.6. The second kappa shape index (κ2) is 6.65. The van der Waals surface area contributed by atoms with E-state index < -0.39 is 0 Å². The van der Waals surface area contributed by atoms with Gasteiger partial charge in [-0.15, -0.1) is 0 Å². The van der Waals surface area contributed by atoms with Gasteiger partial charge >= 0.3 is 0 Å². The quantitative estimate of drug-likeness (QED) is 0.764. The van der Waals surface area contributed by atoms with Crippen molar-refractivity contribution in [3.05, 3.63) is 64.7 Å². The molecule has 2 aromatic carbocycles. The number of amides is 3. The van der Waals surface area contributed by atoms with Crippen molar-refractivity contribution in [2.45, 2.75) is 39.2 Å². The van der Waals surface area contributed by atoms with E-state index in [1.165, 1.54) is 4.90 Å². The molecular weight excluding hydrogens is 340 g/mol. The predicted molar refractivity (Wildman–Crippen MR) is 103 cm³/mol. The Morgan fingerprint density at radius 3 is 2.48 bits per heavy atom. The van der Waals surface area contributed by atoms with Crippen LogP contribution < -0.4 is 4.90 Å². The maximum atomic E-state index is 13.0. The summed E-state index contributed by atoms with van der Waals surface area (Å²) >= 11 is 0. The summed E-state index contributed by atoms with van der Waals surface area (Å²) in [5.74, 6) is -0.778. The number of carbonyl (C=O) groups excluding carboxylic acids is 3. The number of fused-ring (bicyclic) bond motifs is 1. The lowest BCUT2D eigenvalue weighted by molar-refractivity contribution is 0.0635. The SMILES string of the molecule is Cc1ccccc1N1C(=O)c2ccc(C(=O)N3CCCC[C@@H]3C)cc2C1=O. The van der Waals surface area contributed by atoms with E-state index in [4.69, 9.17) is 0 Å². The van der Waals surface area contributed by atoms with Crippen LogP contribution in [0.4, 0.5) is 5.69 Å². The van der Waals surface area contributed by atoms with E-state index in [0.717, 1.165) is 31.4 Å². The third kappa shape index (κ3) is 2.83. The summed E-state index contributed by atoms with van der Waals surface area (Å²) in [6.07, 6.45) is 3.13. The van der Waals surface area contributed by atoms with Gasteiger partial charge in [0.05, 0.1) is 16.8 Å². The zero-order chi connectivity index (χ0) is 19.1. The highest BCUT2D eigenvalue weighted by atomic mass is 16.2. The molecule has 0 aromatic heterocycles. The number of nitrogens with zero attached hydrogens (tertiary/aromatic N) is 2. The minimum absolute atomic E-state index is 0.0698. The van der Waals surface area contributed by atoms with Crippen molar-refractivity contribution in [3.63, 3.8) is 0 Å². The molecule has 2 aliphatic rings. The summed E-state index contributed by atoms with van der Waals surface area (Å²) in [4.78, 5) is 41.8. The van der Waals surface area contributed by atoms with Crippen molar-refractivity contribution in [2.24, 2.45) is 0 Å². The lowest BCUT2D eigenvalue weighted by atomic mass is 10.0. The second-order valence-electron chi connectivity index (χ2n) is 7.34. The van der Waals surface area contributed by atoms with Gasteiger partial charge in [-0.3, -0.25) is 14.4 Å². The molecule has 0 saturated carbocycles. The van der Waals surface area contributed by atoms with Crippen LogP contribution in [0.25, 0.3) is 0 Å². The first-order valence-electron chi connectivity index (χ1n) is 9.38. The van der Waals surface area contributed by atoms with Crippen LogP contribution in [0.3, 0.4) is 0 Å². The van der Waals surface area contributed by atoms with Crippen LogP contribution >= 0.6 is 0 Å². The number of aryl methyl sites for hydroxylation is 1. The predicted octanol–water partition coefficient (Wildman–Crippen LogP) is 3.81. The molecule has 5 nitrogen and oxygen atoms in total. The fraction of sp³-hybridized carbons (Fsp3) is 0.318. The van der Waals surface area contributed by atoms with Crippen LogP contribution in [0.2, 0.25) is 0 Å². The monoisotopic (exact) mass is 362 g/mol. The summed E-state index contributed by atoms with van der Waals surface area (Å²) in [6, 6.07) is 12.3. The van der Waals surface area contributed by atoms with Gasteiger partial charge in [-0.1, -0.05) is 18.2 Å². The molecule has 2 aromatic rings. The molecule has 0 bridgehead atoms. The van der Waals surface area contributed by atoms with E-state index in [0.29, 0.717) is 22.4 Å². The first-order valence-corrected chi connectivity index (χ1v) is 9.38. The lowest BCUT2D eigenvalue weighted by Crippen LogP contribution is -2.42. The van der Waals surface area contributed by atoms with Crippen molar-refractivity contribution in [2.75, 3.05) is 11.4 Å². The van der Waals surface area contributed by atoms with Crippen molar-refractivity contribution in [3.8, 4) is 0 Å². The molecule has 0 spiro atoms. The van der Waals surface area contributed by atoms with Crippen LogP contribution in [-0.4, -0.2) is 35.2 Å². The maximum Gasteiger partial charge on any atom is 0.266 e. The largest absolute Gasteiger partial charge is 0.336 e. The molecular formula is C22H22N2O3. The topological polar surface area (TPSA) is 57.7 Å². The van der Waals surface area contributed by atoms with Crippen molar-refractivity contribution >= 4 is 23.4 Å². The number of hydrogen-bond acceptors (Lipinski definition) is 3. The number of carbonyl (C=O) groups is 3. The Balaban J connectivity index is 1.69. The number of rotatable bonds is 2. The third-order valence-electron chi connectivity index (χ3n) is 5.55. The lowest BCUT2D eigenvalue weighted by Gasteiger charge is -2.33. The highest BCUT2D eigenvalue weighted by Crippen LogP contribution is 2.31. The molecule has 1 atom stereocenters. The average Bonchev–Trinajstić information content (AvgIpc) is 2.92. The second-order valence-corrected chi connectivity index (χ2v) is 7.34. The van der Waals surface area contributed by atoms with Gasteiger partial charge in [0.1, 0.15) is 0 Å². The zero-order valence-corrected chi connectivity index (χ0v) is 15.6. The van der Waals surface area contributed by atoms with Crippen molar-refractivity contribution < 1.29 is 14.4 Å². The number of piperidine rings is 1. The summed E-state index contributed by atoms with van der Waals surface area (Å²) in [5, 5.41) is 0. The molecule has 0 radical (unpaired) electrons. The van der Waals surface area contributed by atoms with Gasteiger partial charge in [-0.2, -0.15) is 0 Å². The van der Waals surface area contributed by atoms with Crippen LogP contribution in [-0.2, 0) is 0 Å². The molecule has 3 amide bonds. The number of imide groups is 1. The molecule has 0 aliphatic carbocycles. The van der Waals surface area contributed by atoms with Crippen LogP contribution in [0, 0.1) is 6.92 Å². The standard InChI is InChI=1S/C22H22N2O3/c1-14-7-3-4-9-19(14)24-21(26)17-11-10-16(13-18(17)22(24)27)20(25)23-12-6-5-8-15(23)2/h3-4,7,9-11,13,15H,5-6,8,12H2,1-2H3/t15-/m0/s1. The average molecular weight is 362 g/mol. The van der Waals surface area contributed by atoms with Crippen LogP contribution in [0.15, 0.2) is 42.5 Å². The number of para-hydroxylation sites is 1. The molecule has 27 heavy (non-hydrogen) atoms. The molecule has 5 heteroatoms. The number of likely N-dealkylation sites (tertiary alicyclic amines) is 1. The van der Waals surface area contributed by atoms with E-state index in [9.17, 15) is 14.4 Å². The Labute approximate surface area is 158 Å². The van der Waals surface area contributed by atoms with E-state index in [1.807, 2.05) is 24.0 Å². The normalized spacial score (nSPS) is 19.4. The van der Waals surface area contributed by atoms with Gasteiger partial charge in [0.15, 0.2) is 0 Å². The summed E-state index contributed by atoms with van der Waals surface area (Å²) in [7, 11) is 0. The summed E-state index contributed by atoms with van der Waals surface area (Å²) in [6.45, 7) is 4.66. The van der Waals surface area contributed by atoms with Crippen LogP contribution in [0.5, 0.6) is 0 Å². The van der Waals surface area contributed by atoms with Gasteiger partial charge in [0.25, 0.3) is 17.7 Å². The molecule has 1 saturated heterocycles. The van der Waals surface area contributed by atoms with Crippen molar-refractivity contribution in [1.82, 2.24) is 4.90 Å². The van der Waals surface area contributed by atoms with Gasteiger partial charge < -0.3 is 4.90 Å². The van der Waals surface area contributed by atoms with Gasteiger partial charge in [-0.25, -0.2) is 4.90 Å². The Bertz CT molecular complexity index is 950. The first-order chi connectivity index (χ1) is 13.0. The molecule has 2 heterocycles. The molecule has 0 N–H and O–H groups in total. The molecule has 1 fully saturated rings. The van der Waals surface area contributed by atoms with E-state index in [-0.39, 0.29) is 23.8 Å². The number of anilines is 1. The summed E-state index contributed by atoms with van der Waals surface area (Å²) < 4.78 is 0. The summed E-state index contributed by atoms with van der Waals surface area (Å²) in [5.41, 5.74) is 2.56. The van der Waals surface area contributed by atoms with Gasteiger partial charge in [0.2, 0.25) is 0 Å². The number of benzene rings is 2. The Kier molecular flexibility index (Phi) is 4.30. The van der Waals surface area contributed by atoms with Gasteiger partial charge in [-0.05, 0) is 62.9 Å². The molecule has 138 valence electrons.